The molecule has 1 fully saturated rings. The van der Waals surface area contributed by atoms with E-state index in [-0.39, 0.29) is 24.4 Å². The Kier molecular flexibility index (Phi) is 5.55. The molecule has 7 heteroatoms. The first-order valence-corrected chi connectivity index (χ1v) is 5.96. The van der Waals surface area contributed by atoms with Gasteiger partial charge in [-0.15, -0.1) is 12.4 Å². The highest BCUT2D eigenvalue weighted by Crippen LogP contribution is 2.07. The Balaban J connectivity index is 0.00000162. The highest BCUT2D eigenvalue weighted by Gasteiger charge is 2.22. The van der Waals surface area contributed by atoms with E-state index in [9.17, 15) is 4.79 Å². The van der Waals surface area contributed by atoms with Crippen molar-refractivity contribution < 1.29 is 9.32 Å². The van der Waals surface area contributed by atoms with Crippen LogP contribution in [0.15, 0.2) is 4.52 Å². The molecule has 2 heterocycles. The van der Waals surface area contributed by atoms with Gasteiger partial charge in [0.1, 0.15) is 0 Å². The first-order valence-electron chi connectivity index (χ1n) is 5.96. The third-order valence-corrected chi connectivity index (χ3v) is 2.94. The molecule has 18 heavy (non-hydrogen) atoms. The molecule has 6 nitrogen and oxygen atoms in total. The van der Waals surface area contributed by atoms with Crippen molar-refractivity contribution in [2.45, 2.75) is 32.7 Å². The van der Waals surface area contributed by atoms with E-state index in [0.29, 0.717) is 24.6 Å². The Morgan fingerprint density at radius 3 is 3.00 bits per heavy atom. The summed E-state index contributed by atoms with van der Waals surface area (Å²) in [7, 11) is 0. The molecular weight excluding hydrogens is 256 g/mol. The Hall–Kier alpha value is -1.14. The number of nitrogens with zero attached hydrogens (tertiary/aromatic N) is 3. The van der Waals surface area contributed by atoms with E-state index in [0.717, 1.165) is 19.6 Å². The maximum absolute atomic E-state index is 12.0. The topological polar surface area (TPSA) is 71.3 Å². The van der Waals surface area contributed by atoms with E-state index in [2.05, 4.69) is 22.4 Å². The molecule has 0 bridgehead atoms. The quantitative estimate of drug-likeness (QED) is 0.872. The molecule has 1 aliphatic rings. The summed E-state index contributed by atoms with van der Waals surface area (Å²) in [5, 5.41) is 6.96. The second kappa shape index (κ2) is 6.70. The summed E-state index contributed by atoms with van der Waals surface area (Å²) in [5.41, 5.74) is 0. The van der Waals surface area contributed by atoms with Gasteiger partial charge in [-0.1, -0.05) is 5.16 Å². The lowest BCUT2D eigenvalue weighted by atomic mass is 10.2. The Bertz CT molecular complexity index is 396. The zero-order valence-corrected chi connectivity index (χ0v) is 11.5. The van der Waals surface area contributed by atoms with Crippen LogP contribution in [0.5, 0.6) is 0 Å². The number of hydrogen-bond donors (Lipinski definition) is 1. The number of hydrogen-bond acceptors (Lipinski definition) is 5. The number of carbonyl (C=O) groups is 1. The fraction of sp³-hybridized carbons (Fsp3) is 0.727. The second-order valence-corrected chi connectivity index (χ2v) is 4.38. The van der Waals surface area contributed by atoms with Crippen molar-refractivity contribution in [2.24, 2.45) is 0 Å². The molecule has 0 radical (unpaired) electrons. The first kappa shape index (κ1) is 14.9. The summed E-state index contributed by atoms with van der Waals surface area (Å²) in [6, 6.07) is 0.265. The van der Waals surface area contributed by atoms with Crippen molar-refractivity contribution in [1.82, 2.24) is 20.4 Å². The van der Waals surface area contributed by atoms with Crippen LogP contribution in [0.1, 0.15) is 25.1 Å². The molecular formula is C11H19ClN4O2. The molecule has 1 aliphatic heterocycles. The zero-order chi connectivity index (χ0) is 12.3. The van der Waals surface area contributed by atoms with Crippen LogP contribution in [0, 0.1) is 6.92 Å². The number of carbonyl (C=O) groups excluding carboxylic acids is 1. The van der Waals surface area contributed by atoms with E-state index >= 15 is 0 Å². The number of piperazine rings is 1. The lowest BCUT2D eigenvalue weighted by Crippen LogP contribution is -2.52. The van der Waals surface area contributed by atoms with Gasteiger partial charge in [0.15, 0.2) is 5.82 Å². The second-order valence-electron chi connectivity index (χ2n) is 4.38. The van der Waals surface area contributed by atoms with Gasteiger partial charge >= 0.3 is 0 Å². The van der Waals surface area contributed by atoms with Gasteiger partial charge in [0, 0.05) is 38.5 Å². The Morgan fingerprint density at radius 1 is 1.61 bits per heavy atom. The average Bonchev–Trinajstić information content (AvgIpc) is 2.73. The van der Waals surface area contributed by atoms with Crippen LogP contribution < -0.4 is 5.32 Å². The molecule has 0 saturated carbocycles. The Morgan fingerprint density at radius 2 is 2.39 bits per heavy atom. The Labute approximate surface area is 113 Å². The third kappa shape index (κ3) is 3.68. The van der Waals surface area contributed by atoms with Crippen molar-refractivity contribution in [1.29, 1.82) is 0 Å². The molecule has 1 N–H and O–H groups in total. The van der Waals surface area contributed by atoms with Gasteiger partial charge in [0.05, 0.1) is 0 Å². The van der Waals surface area contributed by atoms with E-state index < -0.39 is 0 Å². The van der Waals surface area contributed by atoms with E-state index in [1.54, 1.807) is 6.92 Å². The van der Waals surface area contributed by atoms with Crippen LogP contribution in [0.2, 0.25) is 0 Å². The van der Waals surface area contributed by atoms with Crippen molar-refractivity contribution in [2.75, 3.05) is 19.6 Å². The first-order chi connectivity index (χ1) is 8.16. The molecule has 102 valence electrons. The molecule has 1 aromatic heterocycles. The minimum atomic E-state index is 0. The van der Waals surface area contributed by atoms with Crippen molar-refractivity contribution in [3.8, 4) is 0 Å². The molecule has 1 amide bonds. The van der Waals surface area contributed by atoms with Gasteiger partial charge in [-0.25, -0.2) is 0 Å². The van der Waals surface area contributed by atoms with Gasteiger partial charge in [-0.2, -0.15) is 4.98 Å². The average molecular weight is 275 g/mol. The predicted octanol–water partition coefficient (Wildman–Crippen LogP) is 0.553. The number of nitrogens with one attached hydrogen (secondary N) is 1. The number of aryl methyl sites for hydroxylation is 2. The number of aromatic nitrogens is 2. The van der Waals surface area contributed by atoms with E-state index in [1.807, 2.05) is 4.90 Å². The third-order valence-electron chi connectivity index (χ3n) is 2.94. The van der Waals surface area contributed by atoms with Crippen molar-refractivity contribution in [3.05, 3.63) is 11.7 Å². The molecule has 0 aliphatic carbocycles. The van der Waals surface area contributed by atoms with Gasteiger partial charge in [-0.3, -0.25) is 4.79 Å². The highest BCUT2D eigenvalue weighted by molar-refractivity contribution is 5.85. The smallest absolute Gasteiger partial charge is 0.227 e. The zero-order valence-electron chi connectivity index (χ0n) is 10.7. The lowest BCUT2D eigenvalue weighted by Gasteiger charge is -2.34. The summed E-state index contributed by atoms with van der Waals surface area (Å²) in [6.07, 6.45) is 0.961. The SMILES string of the molecule is Cc1noc(CCC(=O)N2CCNC[C@@H]2C)n1.Cl. The maximum Gasteiger partial charge on any atom is 0.227 e. The van der Waals surface area contributed by atoms with E-state index in [1.165, 1.54) is 0 Å². The fourth-order valence-corrected chi connectivity index (χ4v) is 2.01. The van der Waals surface area contributed by atoms with Crippen molar-refractivity contribution >= 4 is 18.3 Å². The summed E-state index contributed by atoms with van der Waals surface area (Å²) >= 11 is 0. The summed E-state index contributed by atoms with van der Waals surface area (Å²) in [5.74, 6) is 1.32. The van der Waals surface area contributed by atoms with Crippen LogP contribution in [0.25, 0.3) is 0 Å². The molecule has 1 aromatic rings. The van der Waals surface area contributed by atoms with Gasteiger partial charge < -0.3 is 14.7 Å². The standard InChI is InChI=1S/C11H18N4O2.ClH/c1-8-7-12-5-6-15(8)11(16)4-3-10-13-9(2)14-17-10;/h8,12H,3-7H2,1-2H3;1H/t8-;/m0./s1. The molecule has 0 spiro atoms. The largest absolute Gasteiger partial charge is 0.339 e. The highest BCUT2D eigenvalue weighted by atomic mass is 35.5. The molecule has 0 aromatic carbocycles. The van der Waals surface area contributed by atoms with Crippen LogP contribution in [-0.4, -0.2) is 46.6 Å². The molecule has 0 unspecified atom stereocenters. The molecule has 1 atom stereocenters. The van der Waals surface area contributed by atoms with Gasteiger partial charge in [-0.05, 0) is 13.8 Å². The van der Waals surface area contributed by atoms with Gasteiger partial charge in [0.2, 0.25) is 11.8 Å². The lowest BCUT2D eigenvalue weighted by molar-refractivity contribution is -0.134. The molecule has 1 saturated heterocycles. The minimum Gasteiger partial charge on any atom is -0.339 e. The summed E-state index contributed by atoms with van der Waals surface area (Å²) in [6.45, 7) is 6.35. The summed E-state index contributed by atoms with van der Waals surface area (Å²) in [4.78, 5) is 18.0. The number of halogens is 1. The van der Waals surface area contributed by atoms with Crippen LogP contribution in [0.3, 0.4) is 0 Å². The normalized spacial score (nSPS) is 19.4. The van der Waals surface area contributed by atoms with Crippen molar-refractivity contribution in [3.63, 3.8) is 0 Å². The van der Waals surface area contributed by atoms with E-state index in [4.69, 9.17) is 4.52 Å². The van der Waals surface area contributed by atoms with Crippen LogP contribution >= 0.6 is 12.4 Å². The number of rotatable bonds is 3. The van der Waals surface area contributed by atoms with Crippen LogP contribution in [0.4, 0.5) is 0 Å². The minimum absolute atomic E-state index is 0. The monoisotopic (exact) mass is 274 g/mol. The maximum atomic E-state index is 12.0. The summed E-state index contributed by atoms with van der Waals surface area (Å²) < 4.78 is 4.98. The fourth-order valence-electron chi connectivity index (χ4n) is 2.01. The molecule has 2 rings (SSSR count). The van der Waals surface area contributed by atoms with Crippen LogP contribution in [-0.2, 0) is 11.2 Å². The van der Waals surface area contributed by atoms with Gasteiger partial charge in [0.25, 0.3) is 0 Å². The number of amides is 1. The predicted molar refractivity (Wildman–Crippen MR) is 68.6 cm³/mol.